The van der Waals surface area contributed by atoms with Crippen molar-refractivity contribution in [3.63, 3.8) is 0 Å². The molecule has 1 amide bonds. The maximum Gasteiger partial charge on any atom is 0.338 e. The Morgan fingerprint density at radius 3 is 2.61 bits per heavy atom. The molecule has 0 spiro atoms. The zero-order chi connectivity index (χ0) is 13.1. The van der Waals surface area contributed by atoms with Crippen molar-refractivity contribution in [1.82, 2.24) is 0 Å². The van der Waals surface area contributed by atoms with E-state index >= 15 is 0 Å². The van der Waals surface area contributed by atoms with E-state index in [9.17, 15) is 14.0 Å². The third-order valence-electron chi connectivity index (χ3n) is 2.24. The van der Waals surface area contributed by atoms with Gasteiger partial charge in [-0.15, -0.1) is 0 Å². The average Bonchev–Trinajstić information content (AvgIpc) is 2.81. The van der Waals surface area contributed by atoms with Gasteiger partial charge in [-0.2, -0.15) is 11.3 Å². The normalized spacial score (nSPS) is 10.1. The van der Waals surface area contributed by atoms with Crippen LogP contribution in [0.4, 0.5) is 10.1 Å². The molecule has 0 radical (unpaired) electrons. The number of rotatable bonds is 3. The number of carboxylic acid groups (broad SMARTS) is 1. The molecule has 0 bridgehead atoms. The molecule has 6 heteroatoms. The van der Waals surface area contributed by atoms with Crippen LogP contribution < -0.4 is 5.32 Å². The number of aromatic carboxylic acids is 1. The molecule has 2 rings (SSSR count). The van der Waals surface area contributed by atoms with Crippen molar-refractivity contribution in [2.45, 2.75) is 0 Å². The zero-order valence-corrected chi connectivity index (χ0v) is 9.83. The number of nitrogens with one attached hydrogen (secondary N) is 1. The van der Waals surface area contributed by atoms with Gasteiger partial charge in [-0.1, -0.05) is 0 Å². The highest BCUT2D eigenvalue weighted by atomic mass is 32.1. The van der Waals surface area contributed by atoms with Crippen LogP contribution in [-0.2, 0) is 0 Å². The van der Waals surface area contributed by atoms with E-state index in [1.165, 1.54) is 17.4 Å². The van der Waals surface area contributed by atoms with Gasteiger partial charge in [0.2, 0.25) is 0 Å². The Bertz CT molecular complexity index is 595. The SMILES string of the molecule is O=C(Nc1ccc(C(=O)O)c(F)c1)c1ccsc1. The second-order valence-electron chi connectivity index (χ2n) is 3.47. The van der Waals surface area contributed by atoms with Crippen LogP contribution in [0, 0.1) is 5.82 Å². The molecule has 0 saturated heterocycles. The number of hydrogen-bond acceptors (Lipinski definition) is 3. The zero-order valence-electron chi connectivity index (χ0n) is 9.01. The first-order valence-electron chi connectivity index (χ1n) is 4.94. The standard InChI is InChI=1S/C12H8FNO3S/c13-10-5-8(1-2-9(10)12(16)17)14-11(15)7-3-4-18-6-7/h1-6H,(H,14,15)(H,16,17). The number of halogens is 1. The molecule has 0 unspecified atom stereocenters. The molecule has 4 nitrogen and oxygen atoms in total. The first-order valence-corrected chi connectivity index (χ1v) is 5.88. The molecule has 0 aliphatic carbocycles. The molecule has 1 heterocycles. The lowest BCUT2D eigenvalue weighted by Crippen LogP contribution is -2.11. The Morgan fingerprint density at radius 2 is 2.06 bits per heavy atom. The van der Waals surface area contributed by atoms with Gasteiger partial charge in [-0.25, -0.2) is 9.18 Å². The lowest BCUT2D eigenvalue weighted by molar-refractivity contribution is 0.0692. The second-order valence-corrected chi connectivity index (χ2v) is 4.25. The summed E-state index contributed by atoms with van der Waals surface area (Å²) in [5, 5.41) is 14.6. The third-order valence-corrected chi connectivity index (χ3v) is 2.92. The van der Waals surface area contributed by atoms with Gasteiger partial charge >= 0.3 is 5.97 Å². The van der Waals surface area contributed by atoms with Gasteiger partial charge in [-0.05, 0) is 29.6 Å². The minimum Gasteiger partial charge on any atom is -0.478 e. The Hall–Kier alpha value is -2.21. The summed E-state index contributed by atoms with van der Waals surface area (Å²) in [6.07, 6.45) is 0. The van der Waals surface area contributed by atoms with Gasteiger partial charge in [0.15, 0.2) is 0 Å². The van der Waals surface area contributed by atoms with Gasteiger partial charge < -0.3 is 10.4 Å². The van der Waals surface area contributed by atoms with Gasteiger partial charge in [0.1, 0.15) is 5.82 Å². The molecular weight excluding hydrogens is 257 g/mol. The van der Waals surface area contributed by atoms with Crippen LogP contribution in [0.5, 0.6) is 0 Å². The van der Waals surface area contributed by atoms with Crippen LogP contribution >= 0.6 is 11.3 Å². The summed E-state index contributed by atoms with van der Waals surface area (Å²) in [4.78, 5) is 22.3. The summed E-state index contributed by atoms with van der Waals surface area (Å²) in [7, 11) is 0. The lowest BCUT2D eigenvalue weighted by Gasteiger charge is -2.05. The topological polar surface area (TPSA) is 66.4 Å². The fourth-order valence-corrected chi connectivity index (χ4v) is 2.00. The van der Waals surface area contributed by atoms with Crippen molar-refractivity contribution in [2.24, 2.45) is 0 Å². The lowest BCUT2D eigenvalue weighted by atomic mass is 10.2. The number of hydrogen-bond donors (Lipinski definition) is 2. The highest BCUT2D eigenvalue weighted by molar-refractivity contribution is 7.08. The van der Waals surface area contributed by atoms with Crippen LogP contribution in [0.3, 0.4) is 0 Å². The molecule has 2 N–H and O–H groups in total. The maximum absolute atomic E-state index is 13.4. The van der Waals surface area contributed by atoms with E-state index in [0.29, 0.717) is 5.56 Å². The van der Waals surface area contributed by atoms with Crippen molar-refractivity contribution in [3.8, 4) is 0 Å². The number of carbonyl (C=O) groups excluding carboxylic acids is 1. The van der Waals surface area contributed by atoms with Gasteiger partial charge in [-0.3, -0.25) is 4.79 Å². The van der Waals surface area contributed by atoms with Crippen molar-refractivity contribution >= 4 is 28.9 Å². The summed E-state index contributed by atoms with van der Waals surface area (Å²) in [5.74, 6) is -2.59. The van der Waals surface area contributed by atoms with Crippen molar-refractivity contribution < 1.29 is 19.1 Å². The third kappa shape index (κ3) is 2.54. The fraction of sp³-hybridized carbons (Fsp3) is 0. The summed E-state index contributed by atoms with van der Waals surface area (Å²) in [6, 6.07) is 5.08. The quantitative estimate of drug-likeness (QED) is 0.896. The molecule has 1 aromatic carbocycles. The van der Waals surface area contributed by atoms with Crippen LogP contribution in [0.2, 0.25) is 0 Å². The van der Waals surface area contributed by atoms with E-state index in [-0.39, 0.29) is 11.6 Å². The Kier molecular flexibility index (Phi) is 3.38. The van der Waals surface area contributed by atoms with E-state index in [2.05, 4.69) is 5.32 Å². The smallest absolute Gasteiger partial charge is 0.338 e. The number of carboxylic acids is 1. The number of carbonyl (C=O) groups is 2. The van der Waals surface area contributed by atoms with E-state index < -0.39 is 17.3 Å². The molecule has 0 aliphatic rings. The average molecular weight is 265 g/mol. The first-order chi connectivity index (χ1) is 8.58. The van der Waals surface area contributed by atoms with Crippen LogP contribution in [-0.4, -0.2) is 17.0 Å². The van der Waals surface area contributed by atoms with Crippen molar-refractivity contribution in [3.05, 3.63) is 52.0 Å². The highest BCUT2D eigenvalue weighted by Gasteiger charge is 2.12. The molecule has 2 aromatic rings. The van der Waals surface area contributed by atoms with E-state index in [1.54, 1.807) is 16.8 Å². The molecule has 0 saturated carbocycles. The molecule has 0 aliphatic heterocycles. The Morgan fingerprint density at radius 1 is 1.28 bits per heavy atom. The molecule has 92 valence electrons. The molecule has 18 heavy (non-hydrogen) atoms. The fourth-order valence-electron chi connectivity index (χ4n) is 1.36. The number of benzene rings is 1. The van der Waals surface area contributed by atoms with Crippen LogP contribution in [0.15, 0.2) is 35.0 Å². The first kappa shape index (κ1) is 12.3. The number of amides is 1. The Balaban J connectivity index is 2.18. The predicted molar refractivity (Wildman–Crippen MR) is 65.6 cm³/mol. The Labute approximate surface area is 106 Å². The van der Waals surface area contributed by atoms with E-state index in [1.807, 2.05) is 0 Å². The van der Waals surface area contributed by atoms with Crippen LogP contribution in [0.25, 0.3) is 0 Å². The molecule has 1 aromatic heterocycles. The summed E-state index contributed by atoms with van der Waals surface area (Å²) < 4.78 is 13.4. The molecular formula is C12H8FNO3S. The van der Waals surface area contributed by atoms with Gasteiger partial charge in [0.25, 0.3) is 5.91 Å². The van der Waals surface area contributed by atoms with E-state index in [4.69, 9.17) is 5.11 Å². The number of thiophene rings is 1. The largest absolute Gasteiger partial charge is 0.478 e. The molecule has 0 atom stereocenters. The maximum atomic E-state index is 13.4. The molecule has 0 fully saturated rings. The summed E-state index contributed by atoms with van der Waals surface area (Å²) in [6.45, 7) is 0. The van der Waals surface area contributed by atoms with Crippen molar-refractivity contribution in [1.29, 1.82) is 0 Å². The predicted octanol–water partition coefficient (Wildman–Crippen LogP) is 2.84. The van der Waals surface area contributed by atoms with Gasteiger partial charge in [0, 0.05) is 11.1 Å². The minimum absolute atomic E-state index is 0.216. The van der Waals surface area contributed by atoms with Gasteiger partial charge in [0.05, 0.1) is 11.1 Å². The number of anilines is 1. The second kappa shape index (κ2) is 4.97. The summed E-state index contributed by atoms with van der Waals surface area (Å²) >= 11 is 1.38. The van der Waals surface area contributed by atoms with E-state index in [0.717, 1.165) is 12.1 Å². The summed E-state index contributed by atoms with van der Waals surface area (Å²) in [5.41, 5.74) is 0.264. The highest BCUT2D eigenvalue weighted by Crippen LogP contribution is 2.16. The monoisotopic (exact) mass is 265 g/mol. The minimum atomic E-state index is -1.34. The van der Waals surface area contributed by atoms with Crippen molar-refractivity contribution in [2.75, 3.05) is 5.32 Å². The van der Waals surface area contributed by atoms with Crippen LogP contribution in [0.1, 0.15) is 20.7 Å².